The Morgan fingerprint density at radius 3 is 2.69 bits per heavy atom. The molecule has 6 heteroatoms. The van der Waals surface area contributed by atoms with Gasteiger partial charge in [-0.15, -0.1) is 11.8 Å². The number of thioether (sulfide) groups is 1. The molecule has 0 aliphatic carbocycles. The maximum atomic E-state index is 10.9. The lowest BCUT2D eigenvalue weighted by Gasteiger charge is -2.02. The summed E-state index contributed by atoms with van der Waals surface area (Å²) < 4.78 is 21.8. The Labute approximate surface area is 104 Å². The molecular weight excluding hydrogens is 266 g/mol. The molecule has 0 amide bonds. The fraction of sp³-hybridized carbons (Fsp3) is 0.300. The number of hydrogen-bond donors (Lipinski definition) is 0. The van der Waals surface area contributed by atoms with Crippen LogP contribution in [0.25, 0.3) is 0 Å². The summed E-state index contributed by atoms with van der Waals surface area (Å²) in [5.74, 6) is 0.621. The quantitative estimate of drug-likeness (QED) is 0.792. The summed E-state index contributed by atoms with van der Waals surface area (Å²) in [6, 6.07) is 7.03. The van der Waals surface area contributed by atoms with Gasteiger partial charge in [-0.2, -0.15) is 5.26 Å². The third-order valence-corrected chi connectivity index (χ3v) is 4.30. The van der Waals surface area contributed by atoms with Crippen LogP contribution in [0.2, 0.25) is 5.02 Å². The second-order valence-electron chi connectivity index (χ2n) is 3.23. The first-order valence-electron chi connectivity index (χ1n) is 4.42. The molecule has 0 aliphatic heterocycles. The molecule has 0 bridgehead atoms. The average Bonchev–Trinajstić information content (AvgIpc) is 2.16. The van der Waals surface area contributed by atoms with E-state index in [0.717, 1.165) is 4.90 Å². The van der Waals surface area contributed by atoms with Crippen LogP contribution in [0, 0.1) is 11.3 Å². The van der Waals surface area contributed by atoms with E-state index in [4.69, 9.17) is 16.9 Å². The molecule has 1 aromatic carbocycles. The van der Waals surface area contributed by atoms with Gasteiger partial charge in [0.25, 0.3) is 0 Å². The minimum atomic E-state index is -2.92. The average molecular weight is 276 g/mol. The zero-order chi connectivity index (χ0) is 12.2. The van der Waals surface area contributed by atoms with Crippen molar-refractivity contribution in [2.45, 2.75) is 4.90 Å². The van der Waals surface area contributed by atoms with E-state index in [-0.39, 0.29) is 5.75 Å². The number of sulfone groups is 1. The van der Waals surface area contributed by atoms with E-state index in [0.29, 0.717) is 16.3 Å². The van der Waals surface area contributed by atoms with Gasteiger partial charge in [0.1, 0.15) is 15.9 Å². The third kappa shape index (κ3) is 4.44. The zero-order valence-corrected chi connectivity index (χ0v) is 11.0. The Morgan fingerprint density at radius 1 is 1.50 bits per heavy atom. The van der Waals surface area contributed by atoms with Crippen molar-refractivity contribution in [3.8, 4) is 6.07 Å². The van der Waals surface area contributed by atoms with Crippen LogP contribution in [-0.2, 0) is 9.84 Å². The van der Waals surface area contributed by atoms with Crippen molar-refractivity contribution in [3.05, 3.63) is 28.8 Å². The van der Waals surface area contributed by atoms with Crippen molar-refractivity contribution in [3.63, 3.8) is 0 Å². The van der Waals surface area contributed by atoms with Crippen molar-refractivity contribution < 1.29 is 8.42 Å². The van der Waals surface area contributed by atoms with Gasteiger partial charge in [-0.25, -0.2) is 8.42 Å². The minimum absolute atomic E-state index is 0.134. The Kier molecular flexibility index (Phi) is 4.66. The lowest BCUT2D eigenvalue weighted by atomic mass is 10.2. The normalized spacial score (nSPS) is 11.1. The highest BCUT2D eigenvalue weighted by molar-refractivity contribution is 8.00. The standard InChI is InChI=1S/C10H10ClNO2S2/c1-16(13,14)5-4-15-9-3-2-8(7-12)10(11)6-9/h2-3,6H,4-5H2,1H3. The summed E-state index contributed by atoms with van der Waals surface area (Å²) >= 11 is 7.25. The molecule has 0 radical (unpaired) electrons. The van der Waals surface area contributed by atoms with Crippen LogP contribution in [-0.4, -0.2) is 26.2 Å². The summed E-state index contributed by atoms with van der Waals surface area (Å²) in [4.78, 5) is 0.868. The summed E-state index contributed by atoms with van der Waals surface area (Å²) in [7, 11) is -2.92. The van der Waals surface area contributed by atoms with Crippen LogP contribution in [0.5, 0.6) is 0 Å². The van der Waals surface area contributed by atoms with E-state index in [2.05, 4.69) is 0 Å². The van der Waals surface area contributed by atoms with E-state index >= 15 is 0 Å². The van der Waals surface area contributed by atoms with Crippen LogP contribution in [0.3, 0.4) is 0 Å². The van der Waals surface area contributed by atoms with E-state index in [1.165, 1.54) is 18.0 Å². The second kappa shape index (κ2) is 5.58. The topological polar surface area (TPSA) is 57.9 Å². The molecule has 0 saturated heterocycles. The van der Waals surface area contributed by atoms with Crippen LogP contribution in [0.1, 0.15) is 5.56 Å². The van der Waals surface area contributed by atoms with Gasteiger partial charge in [0.2, 0.25) is 0 Å². The van der Waals surface area contributed by atoms with Gasteiger partial charge in [-0.1, -0.05) is 11.6 Å². The van der Waals surface area contributed by atoms with Crippen LogP contribution >= 0.6 is 23.4 Å². The first kappa shape index (κ1) is 13.4. The molecule has 0 unspecified atom stereocenters. The number of hydrogen-bond acceptors (Lipinski definition) is 4. The maximum absolute atomic E-state index is 10.9. The van der Waals surface area contributed by atoms with Crippen molar-refractivity contribution in [1.82, 2.24) is 0 Å². The van der Waals surface area contributed by atoms with Gasteiger partial charge in [-0.05, 0) is 18.2 Å². The van der Waals surface area contributed by atoms with Gasteiger partial charge in [0.05, 0.1) is 16.3 Å². The molecule has 0 heterocycles. The first-order valence-corrected chi connectivity index (χ1v) is 7.85. The molecule has 1 rings (SSSR count). The van der Waals surface area contributed by atoms with Gasteiger partial charge in [-0.3, -0.25) is 0 Å². The molecule has 16 heavy (non-hydrogen) atoms. The Balaban J connectivity index is 2.63. The fourth-order valence-electron chi connectivity index (χ4n) is 0.987. The molecule has 0 atom stereocenters. The Bertz CT molecular complexity index is 520. The molecule has 0 saturated carbocycles. The Hall–Kier alpha value is -0.700. The number of halogens is 1. The first-order chi connectivity index (χ1) is 7.42. The van der Waals surface area contributed by atoms with Gasteiger partial charge >= 0.3 is 0 Å². The molecule has 86 valence electrons. The second-order valence-corrected chi connectivity index (χ2v) is 7.07. The van der Waals surface area contributed by atoms with Crippen molar-refractivity contribution >= 4 is 33.2 Å². The van der Waals surface area contributed by atoms with E-state index < -0.39 is 9.84 Å². The molecule has 1 aromatic rings. The number of nitriles is 1. The maximum Gasteiger partial charge on any atom is 0.148 e. The van der Waals surface area contributed by atoms with E-state index in [9.17, 15) is 8.42 Å². The highest BCUT2D eigenvalue weighted by Gasteiger charge is 2.04. The molecule has 0 fully saturated rings. The summed E-state index contributed by atoms with van der Waals surface area (Å²) in [6.07, 6.45) is 1.21. The number of rotatable bonds is 4. The lowest BCUT2D eigenvalue weighted by Crippen LogP contribution is -2.04. The fourth-order valence-corrected chi connectivity index (χ4v) is 3.42. The van der Waals surface area contributed by atoms with E-state index in [1.54, 1.807) is 18.2 Å². The minimum Gasteiger partial charge on any atom is -0.229 e. The van der Waals surface area contributed by atoms with Crippen LogP contribution < -0.4 is 0 Å². The lowest BCUT2D eigenvalue weighted by molar-refractivity contribution is 0.603. The predicted molar refractivity (Wildman–Crippen MR) is 66.6 cm³/mol. The zero-order valence-electron chi connectivity index (χ0n) is 8.60. The van der Waals surface area contributed by atoms with Crippen molar-refractivity contribution in [2.24, 2.45) is 0 Å². The van der Waals surface area contributed by atoms with E-state index in [1.807, 2.05) is 6.07 Å². The molecule has 3 nitrogen and oxygen atoms in total. The van der Waals surface area contributed by atoms with Crippen LogP contribution in [0.15, 0.2) is 23.1 Å². The largest absolute Gasteiger partial charge is 0.229 e. The molecule has 0 N–H and O–H groups in total. The highest BCUT2D eigenvalue weighted by Crippen LogP contribution is 2.24. The predicted octanol–water partition coefficient (Wildman–Crippen LogP) is 2.35. The van der Waals surface area contributed by atoms with Gasteiger partial charge < -0.3 is 0 Å². The summed E-state index contributed by atoms with van der Waals surface area (Å²) in [5.41, 5.74) is 0.425. The van der Waals surface area contributed by atoms with Crippen molar-refractivity contribution in [2.75, 3.05) is 17.8 Å². The Morgan fingerprint density at radius 2 is 2.19 bits per heavy atom. The van der Waals surface area contributed by atoms with Gasteiger partial charge in [0, 0.05) is 16.9 Å². The van der Waals surface area contributed by atoms with Gasteiger partial charge in [0.15, 0.2) is 0 Å². The highest BCUT2D eigenvalue weighted by atomic mass is 35.5. The van der Waals surface area contributed by atoms with Crippen LogP contribution in [0.4, 0.5) is 0 Å². The number of benzene rings is 1. The SMILES string of the molecule is CS(=O)(=O)CCSc1ccc(C#N)c(Cl)c1. The summed E-state index contributed by atoms with van der Waals surface area (Å²) in [6.45, 7) is 0. The number of nitrogens with zero attached hydrogens (tertiary/aromatic N) is 1. The molecule has 0 spiro atoms. The molecular formula is C10H10ClNO2S2. The molecule has 0 aliphatic rings. The van der Waals surface area contributed by atoms with Crippen molar-refractivity contribution in [1.29, 1.82) is 5.26 Å². The summed E-state index contributed by atoms with van der Waals surface area (Å²) in [5, 5.41) is 9.07. The smallest absolute Gasteiger partial charge is 0.148 e. The molecule has 0 aromatic heterocycles. The monoisotopic (exact) mass is 275 g/mol. The third-order valence-electron chi connectivity index (χ3n) is 1.78.